The number of nitrogens with zero attached hydrogens (tertiary/aromatic N) is 2. The number of amides is 2. The average molecular weight is 436 g/mol. The number of methoxy groups -OCH3 is 1. The topological polar surface area (TPSA) is 71.5 Å². The molecule has 160 valence electrons. The van der Waals surface area contributed by atoms with Crippen molar-refractivity contribution in [3.63, 3.8) is 0 Å². The monoisotopic (exact) mass is 435 g/mol. The lowest BCUT2D eigenvalue weighted by molar-refractivity contribution is -0.117. The van der Waals surface area contributed by atoms with Crippen LogP contribution in [0.25, 0.3) is 0 Å². The molecule has 1 N–H and O–H groups in total. The number of hydrogen-bond acceptors (Lipinski definition) is 5. The van der Waals surface area contributed by atoms with Gasteiger partial charge in [0.05, 0.1) is 19.6 Å². The van der Waals surface area contributed by atoms with E-state index < -0.39 is 6.04 Å². The number of aryl methyl sites for hydroxylation is 1. The number of aromatic nitrogens is 1. The summed E-state index contributed by atoms with van der Waals surface area (Å²) in [5, 5.41) is 5.20. The molecule has 0 spiro atoms. The van der Waals surface area contributed by atoms with E-state index in [2.05, 4.69) is 17.2 Å². The second-order valence-corrected chi connectivity index (χ2v) is 8.41. The second-order valence-electron chi connectivity index (χ2n) is 7.52. The van der Waals surface area contributed by atoms with Gasteiger partial charge in [0.1, 0.15) is 5.75 Å². The molecule has 2 aromatic carbocycles. The van der Waals surface area contributed by atoms with Gasteiger partial charge in [-0.3, -0.25) is 9.59 Å². The third-order valence-electron chi connectivity index (χ3n) is 5.50. The molecular formula is C24H25N3O3S. The van der Waals surface area contributed by atoms with E-state index in [1.807, 2.05) is 47.8 Å². The maximum absolute atomic E-state index is 13.2. The van der Waals surface area contributed by atoms with E-state index in [1.54, 1.807) is 18.2 Å². The third kappa shape index (κ3) is 4.46. The molecule has 1 unspecified atom stereocenters. The van der Waals surface area contributed by atoms with Crippen molar-refractivity contribution in [2.45, 2.75) is 38.8 Å². The number of thiazole rings is 1. The van der Waals surface area contributed by atoms with E-state index >= 15 is 0 Å². The second kappa shape index (κ2) is 9.31. The Labute approximate surface area is 185 Å². The van der Waals surface area contributed by atoms with Crippen LogP contribution in [0.3, 0.4) is 0 Å². The standard InChI is InChI=1S/C24H25N3O3S/c1-3-6-16-9-10-17(13-21(16)30-2)20(14-22(28)26-24-25-11-12-31-24)27-15-18-7-4-5-8-19(18)23(27)29/h4-5,7-13,20H,3,6,14-15H2,1-2H3,(H,25,26,28). The molecule has 1 atom stereocenters. The van der Waals surface area contributed by atoms with E-state index in [9.17, 15) is 9.59 Å². The van der Waals surface area contributed by atoms with Crippen molar-refractivity contribution >= 4 is 28.3 Å². The first-order valence-electron chi connectivity index (χ1n) is 10.4. The number of ether oxygens (including phenoxy) is 1. The van der Waals surface area contributed by atoms with Crippen LogP contribution in [0, 0.1) is 0 Å². The zero-order valence-electron chi connectivity index (χ0n) is 17.6. The largest absolute Gasteiger partial charge is 0.496 e. The van der Waals surface area contributed by atoms with Crippen molar-refractivity contribution in [3.8, 4) is 5.75 Å². The van der Waals surface area contributed by atoms with Crippen LogP contribution in [0.1, 0.15) is 52.9 Å². The molecule has 3 aromatic rings. The lowest BCUT2D eigenvalue weighted by atomic mass is 9.98. The number of nitrogens with one attached hydrogen (secondary N) is 1. The quantitative estimate of drug-likeness (QED) is 0.550. The van der Waals surface area contributed by atoms with Gasteiger partial charge < -0.3 is 15.0 Å². The first kappa shape index (κ1) is 21.1. The Balaban J connectivity index is 1.66. The fourth-order valence-corrected chi connectivity index (χ4v) is 4.56. The van der Waals surface area contributed by atoms with Crippen LogP contribution in [0.15, 0.2) is 54.0 Å². The van der Waals surface area contributed by atoms with E-state index in [0.29, 0.717) is 17.2 Å². The van der Waals surface area contributed by atoms with Crippen LogP contribution in [0.5, 0.6) is 5.75 Å². The molecule has 1 aliphatic rings. The van der Waals surface area contributed by atoms with Crippen molar-refractivity contribution in [1.29, 1.82) is 0 Å². The molecule has 1 aromatic heterocycles. The smallest absolute Gasteiger partial charge is 0.255 e. The maximum atomic E-state index is 13.2. The van der Waals surface area contributed by atoms with Gasteiger partial charge in [0.15, 0.2) is 5.13 Å². The van der Waals surface area contributed by atoms with Gasteiger partial charge in [0.25, 0.3) is 5.91 Å². The van der Waals surface area contributed by atoms with E-state index in [1.165, 1.54) is 11.3 Å². The van der Waals surface area contributed by atoms with Crippen molar-refractivity contribution in [2.24, 2.45) is 0 Å². The molecule has 0 radical (unpaired) electrons. The summed E-state index contributed by atoms with van der Waals surface area (Å²) in [6.07, 6.45) is 3.70. The molecule has 2 amide bonds. The van der Waals surface area contributed by atoms with Crippen LogP contribution in [0.4, 0.5) is 5.13 Å². The van der Waals surface area contributed by atoms with Crippen molar-refractivity contribution in [2.75, 3.05) is 12.4 Å². The Bertz CT molecular complexity index is 1080. The Morgan fingerprint density at radius 1 is 1.29 bits per heavy atom. The zero-order chi connectivity index (χ0) is 21.8. The molecule has 7 heteroatoms. The molecule has 2 heterocycles. The van der Waals surface area contributed by atoms with Crippen LogP contribution in [-0.4, -0.2) is 28.8 Å². The predicted molar refractivity (Wildman–Crippen MR) is 121 cm³/mol. The first-order chi connectivity index (χ1) is 15.1. The van der Waals surface area contributed by atoms with E-state index in [-0.39, 0.29) is 18.2 Å². The minimum atomic E-state index is -0.413. The molecule has 6 nitrogen and oxygen atoms in total. The molecule has 0 bridgehead atoms. The highest BCUT2D eigenvalue weighted by Gasteiger charge is 2.34. The number of carbonyl (C=O) groups is 2. The number of rotatable bonds is 8. The molecule has 31 heavy (non-hydrogen) atoms. The van der Waals surface area contributed by atoms with Crippen molar-refractivity contribution < 1.29 is 14.3 Å². The summed E-state index contributed by atoms with van der Waals surface area (Å²) in [6.45, 7) is 2.60. The summed E-state index contributed by atoms with van der Waals surface area (Å²) in [5.74, 6) is 0.549. The van der Waals surface area contributed by atoms with E-state index in [0.717, 1.165) is 35.3 Å². The van der Waals surface area contributed by atoms with Crippen LogP contribution >= 0.6 is 11.3 Å². The summed E-state index contributed by atoms with van der Waals surface area (Å²) >= 11 is 1.37. The fraction of sp³-hybridized carbons (Fsp3) is 0.292. The summed E-state index contributed by atoms with van der Waals surface area (Å²) in [4.78, 5) is 31.9. The molecule has 0 aliphatic carbocycles. The molecule has 0 fully saturated rings. The molecule has 0 saturated carbocycles. The molecule has 0 saturated heterocycles. The van der Waals surface area contributed by atoms with E-state index in [4.69, 9.17) is 4.74 Å². The lowest BCUT2D eigenvalue weighted by Gasteiger charge is -2.28. The number of benzene rings is 2. The van der Waals surface area contributed by atoms with Gasteiger partial charge in [0.2, 0.25) is 5.91 Å². The molecule has 4 rings (SSSR count). The Morgan fingerprint density at radius 2 is 2.13 bits per heavy atom. The number of anilines is 1. The van der Waals surface area contributed by atoms with Gasteiger partial charge >= 0.3 is 0 Å². The highest BCUT2D eigenvalue weighted by Crippen LogP contribution is 2.36. The number of carbonyl (C=O) groups excluding carboxylic acids is 2. The Morgan fingerprint density at radius 3 is 2.84 bits per heavy atom. The van der Waals surface area contributed by atoms with Gasteiger partial charge in [0, 0.05) is 23.7 Å². The minimum absolute atomic E-state index is 0.0562. The first-order valence-corrected chi connectivity index (χ1v) is 11.2. The van der Waals surface area contributed by atoms with Crippen LogP contribution < -0.4 is 10.1 Å². The predicted octanol–water partition coefficient (Wildman–Crippen LogP) is 4.83. The molecule has 1 aliphatic heterocycles. The Kier molecular flexibility index (Phi) is 6.32. The van der Waals surface area contributed by atoms with Crippen molar-refractivity contribution in [1.82, 2.24) is 9.88 Å². The Hall–Kier alpha value is -3.19. The van der Waals surface area contributed by atoms with Gasteiger partial charge in [-0.05, 0) is 35.2 Å². The summed E-state index contributed by atoms with van der Waals surface area (Å²) < 4.78 is 5.62. The van der Waals surface area contributed by atoms with Gasteiger partial charge in [-0.15, -0.1) is 11.3 Å². The van der Waals surface area contributed by atoms with Crippen LogP contribution in [0.2, 0.25) is 0 Å². The maximum Gasteiger partial charge on any atom is 0.255 e. The normalized spacial score (nSPS) is 13.7. The summed E-state index contributed by atoms with van der Waals surface area (Å²) in [7, 11) is 1.65. The highest BCUT2D eigenvalue weighted by molar-refractivity contribution is 7.13. The van der Waals surface area contributed by atoms with Gasteiger partial charge in [-0.25, -0.2) is 4.98 Å². The zero-order valence-corrected chi connectivity index (χ0v) is 18.4. The van der Waals surface area contributed by atoms with Crippen molar-refractivity contribution in [3.05, 3.63) is 76.3 Å². The minimum Gasteiger partial charge on any atom is -0.496 e. The number of hydrogen-bond donors (Lipinski definition) is 1. The molecular weight excluding hydrogens is 410 g/mol. The highest BCUT2D eigenvalue weighted by atomic mass is 32.1. The van der Waals surface area contributed by atoms with Gasteiger partial charge in [-0.2, -0.15) is 0 Å². The fourth-order valence-electron chi connectivity index (χ4n) is 4.01. The summed E-state index contributed by atoms with van der Waals surface area (Å²) in [5.41, 5.74) is 3.68. The third-order valence-corrected chi connectivity index (χ3v) is 6.19. The lowest BCUT2D eigenvalue weighted by Crippen LogP contribution is -2.32. The van der Waals surface area contributed by atoms with Gasteiger partial charge in [-0.1, -0.05) is 43.7 Å². The SMILES string of the molecule is CCCc1ccc(C(CC(=O)Nc2nccs2)N2Cc3ccccc3C2=O)cc1OC. The number of fused-ring (bicyclic) bond motifs is 1. The van der Waals surface area contributed by atoms with Crippen LogP contribution in [-0.2, 0) is 17.8 Å². The average Bonchev–Trinajstić information content (AvgIpc) is 3.40. The summed E-state index contributed by atoms with van der Waals surface area (Å²) in [6, 6.07) is 13.2.